The van der Waals surface area contributed by atoms with Crippen LogP contribution in [-0.2, 0) is 4.74 Å². The first-order chi connectivity index (χ1) is 13.4. The SMILES string of the molecule is c1cc(C2CCCN(c3ncnc4nc(N5CCOCC5)sc34)C2)ncn1. The molecule has 2 saturated heterocycles. The zero-order chi connectivity index (χ0) is 18.1. The van der Waals surface area contributed by atoms with E-state index in [0.29, 0.717) is 5.92 Å². The molecule has 0 radical (unpaired) electrons. The van der Waals surface area contributed by atoms with E-state index in [1.807, 2.05) is 12.3 Å². The molecule has 0 spiro atoms. The number of rotatable bonds is 3. The number of anilines is 2. The summed E-state index contributed by atoms with van der Waals surface area (Å²) in [5, 5.41) is 1.01. The van der Waals surface area contributed by atoms with E-state index in [4.69, 9.17) is 9.72 Å². The largest absolute Gasteiger partial charge is 0.378 e. The van der Waals surface area contributed by atoms with Crippen LogP contribution in [0.3, 0.4) is 0 Å². The number of hydrogen-bond donors (Lipinski definition) is 0. The molecule has 9 heteroatoms. The second-order valence-corrected chi connectivity index (χ2v) is 7.84. The summed E-state index contributed by atoms with van der Waals surface area (Å²) in [5.74, 6) is 1.40. The molecule has 1 atom stereocenters. The summed E-state index contributed by atoms with van der Waals surface area (Å²) in [4.78, 5) is 26.9. The fourth-order valence-corrected chi connectivity index (χ4v) is 4.89. The van der Waals surface area contributed by atoms with Crippen molar-refractivity contribution in [3.8, 4) is 0 Å². The van der Waals surface area contributed by atoms with Crippen molar-refractivity contribution < 1.29 is 4.74 Å². The minimum absolute atomic E-state index is 0.401. The van der Waals surface area contributed by atoms with Gasteiger partial charge in [0.1, 0.15) is 17.4 Å². The van der Waals surface area contributed by atoms with Gasteiger partial charge < -0.3 is 14.5 Å². The normalized spacial score (nSPS) is 21.0. The maximum absolute atomic E-state index is 5.46. The lowest BCUT2D eigenvalue weighted by Gasteiger charge is -2.33. The Balaban J connectivity index is 1.44. The molecule has 8 nitrogen and oxygen atoms in total. The molecule has 1 unspecified atom stereocenters. The molecule has 0 aliphatic carbocycles. The Labute approximate surface area is 161 Å². The number of piperidine rings is 1. The Morgan fingerprint density at radius 2 is 1.96 bits per heavy atom. The molecule has 5 heterocycles. The highest BCUT2D eigenvalue weighted by atomic mass is 32.1. The van der Waals surface area contributed by atoms with Crippen molar-refractivity contribution in [3.63, 3.8) is 0 Å². The molecule has 3 aromatic heterocycles. The van der Waals surface area contributed by atoms with Gasteiger partial charge >= 0.3 is 0 Å². The van der Waals surface area contributed by atoms with E-state index in [0.717, 1.165) is 79.2 Å². The van der Waals surface area contributed by atoms with Gasteiger partial charge in [-0.2, -0.15) is 4.98 Å². The predicted molar refractivity (Wildman–Crippen MR) is 104 cm³/mol. The van der Waals surface area contributed by atoms with Crippen LogP contribution in [-0.4, -0.2) is 64.3 Å². The van der Waals surface area contributed by atoms with Gasteiger partial charge in [0, 0.05) is 44.0 Å². The zero-order valence-electron chi connectivity index (χ0n) is 15.0. The van der Waals surface area contributed by atoms with Gasteiger partial charge in [0.2, 0.25) is 0 Å². The van der Waals surface area contributed by atoms with Gasteiger partial charge in [-0.05, 0) is 18.9 Å². The Morgan fingerprint density at radius 1 is 1.04 bits per heavy atom. The van der Waals surface area contributed by atoms with Crippen molar-refractivity contribution in [2.75, 3.05) is 49.2 Å². The molecule has 2 fully saturated rings. The second-order valence-electron chi connectivity index (χ2n) is 6.87. The monoisotopic (exact) mass is 383 g/mol. The van der Waals surface area contributed by atoms with Crippen LogP contribution in [0, 0.1) is 0 Å². The van der Waals surface area contributed by atoms with Crippen molar-refractivity contribution in [1.29, 1.82) is 0 Å². The zero-order valence-corrected chi connectivity index (χ0v) is 15.8. The topological polar surface area (TPSA) is 80.2 Å². The number of hydrogen-bond acceptors (Lipinski definition) is 9. The van der Waals surface area contributed by atoms with Crippen molar-refractivity contribution in [3.05, 3.63) is 30.6 Å². The summed E-state index contributed by atoms with van der Waals surface area (Å²) in [6.07, 6.45) is 7.35. The molecule has 2 aliphatic heterocycles. The molecule has 0 N–H and O–H groups in total. The van der Waals surface area contributed by atoms with Crippen molar-refractivity contribution in [2.24, 2.45) is 0 Å². The van der Waals surface area contributed by atoms with Crippen LogP contribution >= 0.6 is 11.3 Å². The average molecular weight is 383 g/mol. The van der Waals surface area contributed by atoms with Crippen molar-refractivity contribution in [2.45, 2.75) is 18.8 Å². The maximum Gasteiger partial charge on any atom is 0.188 e. The fraction of sp³-hybridized carbons (Fsp3) is 0.500. The first kappa shape index (κ1) is 16.8. The molecular weight excluding hydrogens is 362 g/mol. The van der Waals surface area contributed by atoms with Crippen LogP contribution in [0.25, 0.3) is 10.3 Å². The summed E-state index contributed by atoms with van der Waals surface area (Å²) in [6.45, 7) is 5.17. The molecule has 140 valence electrons. The lowest BCUT2D eigenvalue weighted by atomic mass is 9.94. The smallest absolute Gasteiger partial charge is 0.188 e. The van der Waals surface area contributed by atoms with E-state index in [9.17, 15) is 0 Å². The summed E-state index contributed by atoms with van der Waals surface area (Å²) in [5.41, 5.74) is 1.90. The minimum Gasteiger partial charge on any atom is -0.378 e. The van der Waals surface area contributed by atoms with Crippen LogP contribution in [0.2, 0.25) is 0 Å². The number of ether oxygens (including phenoxy) is 1. The van der Waals surface area contributed by atoms with E-state index >= 15 is 0 Å². The summed E-state index contributed by atoms with van der Waals surface area (Å²) < 4.78 is 6.53. The summed E-state index contributed by atoms with van der Waals surface area (Å²) in [6, 6.07) is 2.02. The van der Waals surface area contributed by atoms with Gasteiger partial charge in [-0.15, -0.1) is 0 Å². The highest BCUT2D eigenvalue weighted by Gasteiger charge is 2.26. The molecule has 5 rings (SSSR count). The van der Waals surface area contributed by atoms with Gasteiger partial charge in [0.15, 0.2) is 16.6 Å². The van der Waals surface area contributed by atoms with Crippen molar-refractivity contribution in [1.82, 2.24) is 24.9 Å². The Morgan fingerprint density at radius 3 is 2.81 bits per heavy atom. The first-order valence-corrected chi connectivity index (χ1v) is 10.2. The van der Waals surface area contributed by atoms with Gasteiger partial charge in [-0.25, -0.2) is 19.9 Å². The third kappa shape index (κ3) is 3.32. The number of morpholine rings is 1. The van der Waals surface area contributed by atoms with Crippen LogP contribution in [0.4, 0.5) is 10.9 Å². The predicted octanol–water partition coefficient (Wildman–Crippen LogP) is 2.10. The lowest BCUT2D eigenvalue weighted by molar-refractivity contribution is 0.122. The van der Waals surface area contributed by atoms with Crippen LogP contribution in [0.15, 0.2) is 24.9 Å². The van der Waals surface area contributed by atoms with Gasteiger partial charge in [0.25, 0.3) is 0 Å². The highest BCUT2D eigenvalue weighted by molar-refractivity contribution is 7.22. The van der Waals surface area contributed by atoms with Crippen molar-refractivity contribution >= 4 is 32.6 Å². The average Bonchev–Trinajstić information content (AvgIpc) is 3.20. The molecule has 0 saturated carbocycles. The molecule has 3 aromatic rings. The van der Waals surface area contributed by atoms with E-state index in [-0.39, 0.29) is 0 Å². The molecule has 0 amide bonds. The highest BCUT2D eigenvalue weighted by Crippen LogP contribution is 2.36. The summed E-state index contributed by atoms with van der Waals surface area (Å²) >= 11 is 1.69. The first-order valence-electron chi connectivity index (χ1n) is 9.33. The van der Waals surface area contributed by atoms with Gasteiger partial charge in [-0.3, -0.25) is 0 Å². The van der Waals surface area contributed by atoms with E-state index < -0.39 is 0 Å². The number of thiazole rings is 1. The van der Waals surface area contributed by atoms with Gasteiger partial charge in [-0.1, -0.05) is 11.3 Å². The fourth-order valence-electron chi connectivity index (χ4n) is 3.80. The Hall–Kier alpha value is -2.39. The standard InChI is InChI=1S/C18H21N7OS/c1-2-13(14-3-4-19-11-20-14)10-25(5-1)17-15-16(21-12-22-17)23-18(27-15)24-6-8-26-9-7-24/h3-4,11-13H,1-2,5-10H2. The third-order valence-corrected chi connectivity index (χ3v) is 6.29. The quantitative estimate of drug-likeness (QED) is 0.680. The second kappa shape index (κ2) is 7.32. The number of aromatic nitrogens is 5. The van der Waals surface area contributed by atoms with Crippen LogP contribution < -0.4 is 9.80 Å². The number of nitrogens with zero attached hydrogens (tertiary/aromatic N) is 7. The lowest BCUT2D eigenvalue weighted by Crippen LogP contribution is -2.36. The molecular formula is C18H21N7OS. The minimum atomic E-state index is 0.401. The number of fused-ring (bicyclic) bond motifs is 1. The Bertz CT molecular complexity index is 912. The molecule has 0 aromatic carbocycles. The Kier molecular flexibility index (Phi) is 4.54. The van der Waals surface area contributed by atoms with Crippen LogP contribution in [0.5, 0.6) is 0 Å². The molecule has 2 aliphatic rings. The van der Waals surface area contributed by atoms with Gasteiger partial charge in [0.05, 0.1) is 13.2 Å². The summed E-state index contributed by atoms with van der Waals surface area (Å²) in [7, 11) is 0. The van der Waals surface area contributed by atoms with Crippen LogP contribution in [0.1, 0.15) is 24.5 Å². The van der Waals surface area contributed by atoms with E-state index in [2.05, 4.69) is 29.7 Å². The van der Waals surface area contributed by atoms with E-state index in [1.165, 1.54) is 0 Å². The van der Waals surface area contributed by atoms with E-state index in [1.54, 1.807) is 24.0 Å². The molecule has 27 heavy (non-hydrogen) atoms. The molecule has 0 bridgehead atoms. The maximum atomic E-state index is 5.46. The third-order valence-electron chi connectivity index (χ3n) is 5.19.